The van der Waals surface area contributed by atoms with E-state index in [0.29, 0.717) is 0 Å². The molecule has 0 spiro atoms. The average molecular weight is 321 g/mol. The Hall–Kier alpha value is -1.36. The van der Waals surface area contributed by atoms with E-state index in [1.54, 1.807) is 5.56 Å². The summed E-state index contributed by atoms with van der Waals surface area (Å²) in [6.07, 6.45) is 2.52. The second kappa shape index (κ2) is 12.4. The molecule has 0 amide bonds. The fraction of sp³-hybridized carbons (Fsp3) is 0.375. The molecule has 1 aliphatic carbocycles. The van der Waals surface area contributed by atoms with Crippen molar-refractivity contribution in [2.45, 2.75) is 25.7 Å². The number of rotatable bonds is 1. The maximum atomic E-state index is 7.50. The molecule has 0 aromatic heterocycles. The Kier molecular flexibility index (Phi) is 12.9. The first-order valence-electron chi connectivity index (χ1n) is 6.16. The van der Waals surface area contributed by atoms with E-state index >= 15 is 0 Å². The Morgan fingerprint density at radius 1 is 1.10 bits per heavy atom. The van der Waals surface area contributed by atoms with Gasteiger partial charge in [-0.1, -0.05) is 31.2 Å². The van der Waals surface area contributed by atoms with Crippen molar-refractivity contribution in [3.63, 3.8) is 0 Å². The number of hydrogen-bond acceptors (Lipinski definition) is 1. The van der Waals surface area contributed by atoms with Gasteiger partial charge in [0.25, 0.3) is 0 Å². The van der Waals surface area contributed by atoms with Crippen molar-refractivity contribution in [3.8, 4) is 0 Å². The first-order chi connectivity index (χ1) is 9.92. The third kappa shape index (κ3) is 4.56. The summed E-state index contributed by atoms with van der Waals surface area (Å²) in [5, 5.41) is 0. The molecule has 0 radical (unpaired) electrons. The summed E-state index contributed by atoms with van der Waals surface area (Å²) >= 11 is 0. The van der Waals surface area contributed by atoms with Crippen LogP contribution in [0.25, 0.3) is 0 Å². The van der Waals surface area contributed by atoms with Gasteiger partial charge in [-0.05, 0) is 29.9 Å². The topological polar surface area (TPSA) is 72.1 Å². The van der Waals surface area contributed by atoms with Gasteiger partial charge in [0, 0.05) is 35.5 Å². The van der Waals surface area contributed by atoms with Crippen LogP contribution in [0.5, 0.6) is 0 Å². The van der Waals surface area contributed by atoms with E-state index in [9.17, 15) is 0 Å². The molecule has 1 aromatic carbocycles. The van der Waals surface area contributed by atoms with Crippen molar-refractivity contribution in [1.82, 2.24) is 0 Å². The molecule has 4 nitrogen and oxygen atoms in total. The van der Waals surface area contributed by atoms with Crippen molar-refractivity contribution in [2.24, 2.45) is 10.9 Å². The summed E-state index contributed by atoms with van der Waals surface area (Å²) in [6, 6.07) is 8.81. The summed E-state index contributed by atoms with van der Waals surface area (Å²) in [6.45, 7) is 16.8. The molecule has 1 aliphatic heterocycles. The predicted molar refractivity (Wildman–Crippen MR) is 70.8 cm³/mol. The van der Waals surface area contributed by atoms with Crippen molar-refractivity contribution >= 4 is 5.71 Å². The first-order valence-corrected chi connectivity index (χ1v) is 6.16. The van der Waals surface area contributed by atoms with Crippen LogP contribution in [0.4, 0.5) is 0 Å². The molecule has 2 aliphatic rings. The molecule has 0 fully saturated rings. The van der Waals surface area contributed by atoms with Crippen LogP contribution in [0.15, 0.2) is 29.3 Å². The van der Waals surface area contributed by atoms with Crippen LogP contribution in [0.2, 0.25) is 0 Å². The summed E-state index contributed by atoms with van der Waals surface area (Å²) in [5.41, 5.74) is 4.37. The zero-order valence-corrected chi connectivity index (χ0v) is 12.9. The van der Waals surface area contributed by atoms with Crippen LogP contribution in [0.3, 0.4) is 0 Å². The Bertz CT molecular complexity index is 505. The van der Waals surface area contributed by atoms with Gasteiger partial charge in [-0.15, -0.1) is 0 Å². The molecule has 108 valence electrons. The molecule has 2 atom stereocenters. The molecule has 1 heterocycles. The SMILES string of the molecule is CC[C@H]1c2ccccc2C2=NCC[C@@H]21.[C-]#[O+].[C-]#[O+].[C-]#[O+].[Cr]. The van der Waals surface area contributed by atoms with Gasteiger partial charge in [-0.25, -0.2) is 0 Å². The van der Waals surface area contributed by atoms with Crippen LogP contribution in [0, 0.1) is 25.9 Å². The number of benzene rings is 1. The number of fused-ring (bicyclic) bond motifs is 3. The molecular weight excluding hydrogens is 306 g/mol. The van der Waals surface area contributed by atoms with Crippen LogP contribution in [0.1, 0.15) is 36.8 Å². The van der Waals surface area contributed by atoms with Gasteiger partial charge in [0.15, 0.2) is 0 Å². The summed E-state index contributed by atoms with van der Waals surface area (Å²) < 4.78 is 22.5. The molecule has 0 saturated heterocycles. The molecule has 0 bridgehead atoms. The molecule has 5 heteroatoms. The molecule has 3 rings (SSSR count). The first kappa shape index (κ1) is 21.9. The smallest absolute Gasteiger partial charge is 0 e. The fourth-order valence-corrected chi connectivity index (χ4v) is 3.03. The van der Waals surface area contributed by atoms with Crippen molar-refractivity contribution < 1.29 is 31.3 Å². The molecule has 0 saturated carbocycles. The van der Waals surface area contributed by atoms with Gasteiger partial charge < -0.3 is 0 Å². The average Bonchev–Trinajstić information content (AvgIpc) is 3.13. The number of hydrogen-bond donors (Lipinski definition) is 0. The number of aliphatic imine (C=N–C) groups is 1. The summed E-state index contributed by atoms with van der Waals surface area (Å²) in [4.78, 5) is 4.65. The third-order valence-electron chi connectivity index (χ3n) is 3.64. The normalized spacial score (nSPS) is 19.3. The second-order valence-corrected chi connectivity index (χ2v) is 4.26. The Morgan fingerprint density at radius 3 is 2.24 bits per heavy atom. The molecule has 21 heavy (non-hydrogen) atoms. The molecule has 0 unspecified atom stereocenters. The predicted octanol–water partition coefficient (Wildman–Crippen LogP) is 2.89. The van der Waals surface area contributed by atoms with E-state index in [4.69, 9.17) is 14.0 Å². The van der Waals surface area contributed by atoms with Gasteiger partial charge in [-0.2, -0.15) is 0 Å². The van der Waals surface area contributed by atoms with E-state index in [1.807, 2.05) is 0 Å². The molecule has 0 N–H and O–H groups in total. The minimum Gasteiger partial charge on any atom is 0 e. The summed E-state index contributed by atoms with van der Waals surface area (Å²) in [5.74, 6) is 1.48. The van der Waals surface area contributed by atoms with Crippen molar-refractivity contribution in [1.29, 1.82) is 0 Å². The quantitative estimate of drug-likeness (QED) is 0.564. The van der Waals surface area contributed by atoms with Gasteiger partial charge in [0.2, 0.25) is 0 Å². The zero-order valence-electron chi connectivity index (χ0n) is 11.7. The standard InChI is InChI=1S/C13H15N.3CO.Cr/c1-2-9-10-5-3-4-6-11(10)13-12(9)7-8-14-13;3*1-2;/h3-6,9,12H,2,7-8H2,1H3;;;;/t9-,12+;;;;/m0..../s1. The maximum absolute atomic E-state index is 7.50. The van der Waals surface area contributed by atoms with E-state index < -0.39 is 0 Å². The van der Waals surface area contributed by atoms with Crippen LogP contribution in [-0.4, -0.2) is 12.3 Å². The summed E-state index contributed by atoms with van der Waals surface area (Å²) in [7, 11) is 0. The van der Waals surface area contributed by atoms with Gasteiger partial charge in [0.1, 0.15) is 0 Å². The van der Waals surface area contributed by atoms with Gasteiger partial charge in [0.05, 0.1) is 0 Å². The Balaban J connectivity index is 0. The maximum Gasteiger partial charge on any atom is 0 e. The van der Waals surface area contributed by atoms with E-state index in [2.05, 4.69) is 56.1 Å². The monoisotopic (exact) mass is 321 g/mol. The van der Waals surface area contributed by atoms with E-state index in [1.165, 1.54) is 24.1 Å². The Labute approximate surface area is 135 Å². The van der Waals surface area contributed by atoms with Gasteiger partial charge in [-0.3, -0.25) is 4.99 Å². The van der Waals surface area contributed by atoms with Crippen LogP contribution >= 0.6 is 0 Å². The third-order valence-corrected chi connectivity index (χ3v) is 3.64. The second-order valence-electron chi connectivity index (χ2n) is 4.26. The molecular formula is C16H15CrNO3. The Morgan fingerprint density at radius 2 is 1.67 bits per heavy atom. The minimum absolute atomic E-state index is 0. The fourth-order valence-electron chi connectivity index (χ4n) is 3.03. The zero-order chi connectivity index (χ0) is 15.5. The van der Waals surface area contributed by atoms with Crippen molar-refractivity contribution in [3.05, 3.63) is 55.3 Å². The van der Waals surface area contributed by atoms with Crippen LogP contribution in [-0.2, 0) is 31.3 Å². The van der Waals surface area contributed by atoms with Gasteiger partial charge >= 0.3 is 33.9 Å². The van der Waals surface area contributed by atoms with Crippen LogP contribution < -0.4 is 0 Å². The molecule has 1 aromatic rings. The largest absolute Gasteiger partial charge is 0 e. The minimum atomic E-state index is 0. The number of nitrogens with zero attached hydrogens (tertiary/aromatic N) is 1. The van der Waals surface area contributed by atoms with E-state index in [0.717, 1.165) is 18.4 Å². The van der Waals surface area contributed by atoms with Crippen molar-refractivity contribution in [2.75, 3.05) is 6.54 Å². The van der Waals surface area contributed by atoms with E-state index in [-0.39, 0.29) is 17.4 Å².